The number of likely N-dealkylation sites (N-methyl/N-ethyl adjacent to an activating group) is 1. The first kappa shape index (κ1) is 20.7. The number of hydrazone groups is 1. The van der Waals surface area contributed by atoms with Gasteiger partial charge in [0, 0.05) is 17.8 Å². The summed E-state index contributed by atoms with van der Waals surface area (Å²) in [5, 5.41) is 16.1. The number of hydrogen-bond donors (Lipinski definition) is 2. The summed E-state index contributed by atoms with van der Waals surface area (Å²) in [6, 6.07) is 17.0. The smallest absolute Gasteiger partial charge is 0.275 e. The molecule has 1 aliphatic rings. The lowest BCUT2D eigenvalue weighted by Crippen LogP contribution is -2.44. The Morgan fingerprint density at radius 2 is 1.84 bits per heavy atom. The number of aromatic hydroxyl groups is 1. The van der Waals surface area contributed by atoms with E-state index in [1.54, 1.807) is 18.3 Å². The van der Waals surface area contributed by atoms with Gasteiger partial charge in [-0.05, 0) is 73.9 Å². The Morgan fingerprint density at radius 1 is 1.13 bits per heavy atom. The van der Waals surface area contributed by atoms with Crippen molar-refractivity contribution in [3.63, 3.8) is 0 Å². The van der Waals surface area contributed by atoms with Crippen LogP contribution in [-0.2, 0) is 0 Å². The highest BCUT2D eigenvalue weighted by atomic mass is 16.3. The van der Waals surface area contributed by atoms with E-state index in [0.717, 1.165) is 22.9 Å². The molecule has 0 fully saturated rings. The summed E-state index contributed by atoms with van der Waals surface area (Å²) >= 11 is 0. The van der Waals surface area contributed by atoms with Gasteiger partial charge in [-0.25, -0.2) is 5.43 Å². The van der Waals surface area contributed by atoms with Crippen molar-refractivity contribution in [1.29, 1.82) is 0 Å². The zero-order chi connectivity index (χ0) is 22.2. The number of carbonyl (C=O) groups excluding carboxylic acids is 1. The zero-order valence-corrected chi connectivity index (χ0v) is 18.3. The first-order valence-electron chi connectivity index (χ1n) is 10.5. The molecule has 0 bridgehead atoms. The minimum Gasteiger partial charge on any atom is -0.507 e. The summed E-state index contributed by atoms with van der Waals surface area (Å²) in [5.41, 5.74) is 7.18. The Balaban J connectivity index is 1.54. The molecule has 0 saturated heterocycles. The van der Waals surface area contributed by atoms with Crippen molar-refractivity contribution in [2.45, 2.75) is 33.2 Å². The monoisotopic (exact) mass is 413 g/mol. The summed E-state index contributed by atoms with van der Waals surface area (Å²) < 4.78 is 0. The SMILES string of the molecule is CCN1c2ccc(/C=N/NC(=O)c3cc4ccccc4cc3O)cc2C(C)=CC1(C)C. The van der Waals surface area contributed by atoms with Crippen LogP contribution in [0.15, 0.2) is 65.8 Å². The van der Waals surface area contributed by atoms with E-state index in [-0.39, 0.29) is 16.9 Å². The molecule has 5 nitrogen and oxygen atoms in total. The van der Waals surface area contributed by atoms with E-state index in [2.05, 4.69) is 61.3 Å². The number of anilines is 1. The third-order valence-electron chi connectivity index (χ3n) is 5.81. The molecular formula is C26H27N3O2. The third-order valence-corrected chi connectivity index (χ3v) is 5.81. The van der Waals surface area contributed by atoms with Crippen molar-refractivity contribution in [1.82, 2.24) is 5.43 Å². The summed E-state index contributed by atoms with van der Waals surface area (Å²) in [4.78, 5) is 14.9. The van der Waals surface area contributed by atoms with Gasteiger partial charge in [0.15, 0.2) is 0 Å². The molecule has 0 spiro atoms. The molecule has 0 radical (unpaired) electrons. The number of amides is 1. The van der Waals surface area contributed by atoms with Gasteiger partial charge in [-0.1, -0.05) is 36.4 Å². The van der Waals surface area contributed by atoms with Crippen molar-refractivity contribution in [3.8, 4) is 5.75 Å². The number of nitrogens with one attached hydrogen (secondary N) is 1. The second-order valence-electron chi connectivity index (χ2n) is 8.42. The molecule has 1 amide bonds. The van der Waals surface area contributed by atoms with Crippen molar-refractivity contribution < 1.29 is 9.90 Å². The number of allylic oxidation sites excluding steroid dienone is 1. The molecule has 1 heterocycles. The van der Waals surface area contributed by atoms with Crippen LogP contribution in [0.25, 0.3) is 16.3 Å². The van der Waals surface area contributed by atoms with E-state index in [1.807, 2.05) is 30.3 Å². The van der Waals surface area contributed by atoms with Crippen molar-refractivity contribution in [2.24, 2.45) is 5.10 Å². The van der Waals surface area contributed by atoms with Crippen molar-refractivity contribution >= 4 is 34.2 Å². The quantitative estimate of drug-likeness (QED) is 0.449. The molecule has 1 aliphatic heterocycles. The summed E-state index contributed by atoms with van der Waals surface area (Å²) in [7, 11) is 0. The standard InChI is InChI=1S/C26H27N3O2/c1-5-29-23-11-10-18(12-21(23)17(2)15-26(29,3)4)16-27-28-25(31)22-13-19-8-6-7-9-20(19)14-24(22)30/h6-16,30H,5H2,1-4H3,(H,28,31)/b27-16+. The first-order chi connectivity index (χ1) is 14.8. The van der Waals surface area contributed by atoms with Crippen LogP contribution in [0.3, 0.4) is 0 Å². The van der Waals surface area contributed by atoms with E-state index in [4.69, 9.17) is 0 Å². The van der Waals surface area contributed by atoms with E-state index in [1.165, 1.54) is 16.8 Å². The topological polar surface area (TPSA) is 64.9 Å². The molecule has 0 atom stereocenters. The second-order valence-corrected chi connectivity index (χ2v) is 8.42. The average molecular weight is 414 g/mol. The lowest BCUT2D eigenvalue weighted by atomic mass is 9.88. The summed E-state index contributed by atoms with van der Waals surface area (Å²) in [6.45, 7) is 9.64. The van der Waals surface area contributed by atoms with Crippen LogP contribution in [0.5, 0.6) is 5.75 Å². The van der Waals surface area contributed by atoms with E-state index >= 15 is 0 Å². The highest BCUT2D eigenvalue weighted by molar-refractivity contribution is 6.01. The van der Waals surface area contributed by atoms with Gasteiger partial charge < -0.3 is 10.0 Å². The first-order valence-corrected chi connectivity index (χ1v) is 10.5. The van der Waals surface area contributed by atoms with Crippen LogP contribution in [-0.4, -0.2) is 29.3 Å². The lowest BCUT2D eigenvalue weighted by Gasteiger charge is -2.42. The molecule has 0 aromatic heterocycles. The Bertz CT molecular complexity index is 1220. The number of rotatable bonds is 4. The molecular weight excluding hydrogens is 386 g/mol. The van der Waals surface area contributed by atoms with Gasteiger partial charge in [-0.15, -0.1) is 0 Å². The highest BCUT2D eigenvalue weighted by Crippen LogP contribution is 2.38. The number of phenols is 1. The number of benzene rings is 3. The van der Waals surface area contributed by atoms with Crippen LogP contribution >= 0.6 is 0 Å². The number of carbonyl (C=O) groups is 1. The van der Waals surface area contributed by atoms with Crippen molar-refractivity contribution in [3.05, 3.63) is 77.4 Å². The van der Waals surface area contributed by atoms with Crippen LogP contribution in [0, 0.1) is 0 Å². The maximum atomic E-state index is 12.5. The fraction of sp³-hybridized carbons (Fsp3) is 0.231. The van der Waals surface area contributed by atoms with Gasteiger partial charge in [0.25, 0.3) is 5.91 Å². The van der Waals surface area contributed by atoms with Gasteiger partial charge in [0.05, 0.1) is 17.3 Å². The van der Waals surface area contributed by atoms with Gasteiger partial charge in [-0.3, -0.25) is 4.79 Å². The largest absolute Gasteiger partial charge is 0.507 e. The summed E-state index contributed by atoms with van der Waals surface area (Å²) in [6.07, 6.45) is 3.91. The number of phenolic OH excluding ortho intramolecular Hbond substituents is 1. The van der Waals surface area contributed by atoms with Gasteiger partial charge >= 0.3 is 0 Å². The van der Waals surface area contributed by atoms with Crippen LogP contribution in [0.2, 0.25) is 0 Å². The van der Waals surface area contributed by atoms with Crippen LogP contribution < -0.4 is 10.3 Å². The van der Waals surface area contributed by atoms with E-state index < -0.39 is 5.91 Å². The zero-order valence-electron chi connectivity index (χ0n) is 18.3. The minimum atomic E-state index is -0.451. The van der Waals surface area contributed by atoms with E-state index in [0.29, 0.717) is 0 Å². The molecule has 158 valence electrons. The minimum absolute atomic E-state index is 0.0305. The molecule has 3 aromatic rings. The predicted octanol–water partition coefficient (Wildman–Crippen LogP) is 5.33. The number of nitrogens with zero attached hydrogens (tertiary/aromatic N) is 2. The molecule has 2 N–H and O–H groups in total. The predicted molar refractivity (Wildman–Crippen MR) is 128 cm³/mol. The molecule has 5 heteroatoms. The number of fused-ring (bicyclic) bond motifs is 2. The summed E-state index contributed by atoms with van der Waals surface area (Å²) in [5.74, 6) is -0.518. The maximum absolute atomic E-state index is 12.5. The van der Waals surface area contributed by atoms with Gasteiger partial charge in [0.2, 0.25) is 0 Å². The molecule has 31 heavy (non-hydrogen) atoms. The van der Waals surface area contributed by atoms with E-state index in [9.17, 15) is 9.90 Å². The molecule has 0 aliphatic carbocycles. The average Bonchev–Trinajstić information content (AvgIpc) is 2.73. The Labute approximate surface area is 182 Å². The molecule has 4 rings (SSSR count). The lowest BCUT2D eigenvalue weighted by molar-refractivity contribution is 0.0952. The molecule has 0 saturated carbocycles. The van der Waals surface area contributed by atoms with Crippen LogP contribution in [0.1, 0.15) is 49.2 Å². The van der Waals surface area contributed by atoms with Gasteiger partial charge in [0.1, 0.15) is 5.75 Å². The Morgan fingerprint density at radius 3 is 2.55 bits per heavy atom. The Hall–Kier alpha value is -3.60. The van der Waals surface area contributed by atoms with Crippen molar-refractivity contribution in [2.75, 3.05) is 11.4 Å². The molecule has 3 aromatic carbocycles. The number of hydrogen-bond acceptors (Lipinski definition) is 4. The fourth-order valence-electron chi connectivity index (χ4n) is 4.39. The van der Waals surface area contributed by atoms with Gasteiger partial charge in [-0.2, -0.15) is 5.10 Å². The normalized spacial score (nSPS) is 15.1. The molecule has 0 unspecified atom stereocenters. The second kappa shape index (κ2) is 7.91. The highest BCUT2D eigenvalue weighted by Gasteiger charge is 2.29. The maximum Gasteiger partial charge on any atom is 0.275 e. The van der Waals surface area contributed by atoms with Crippen LogP contribution in [0.4, 0.5) is 5.69 Å². The Kier molecular flexibility index (Phi) is 5.27. The fourth-order valence-corrected chi connectivity index (χ4v) is 4.39. The third kappa shape index (κ3) is 3.91.